The van der Waals surface area contributed by atoms with E-state index in [0.29, 0.717) is 6.42 Å². The lowest BCUT2D eigenvalue weighted by molar-refractivity contribution is -0.120. The minimum absolute atomic E-state index is 0.129. The molecule has 100 valence electrons. The highest BCUT2D eigenvalue weighted by molar-refractivity contribution is 9.11. The summed E-state index contributed by atoms with van der Waals surface area (Å²) in [5.74, 6) is 0.129. The van der Waals surface area contributed by atoms with Crippen molar-refractivity contribution in [3.8, 4) is 0 Å². The zero-order valence-corrected chi connectivity index (χ0v) is 13.0. The van der Waals surface area contributed by atoms with Crippen LogP contribution >= 0.6 is 27.3 Å². The molecule has 1 aromatic heterocycles. The Bertz CT molecular complexity index is 413. The van der Waals surface area contributed by atoms with Gasteiger partial charge in [-0.05, 0) is 59.4 Å². The first-order valence-electron chi connectivity index (χ1n) is 6.29. The minimum Gasteiger partial charge on any atom is -0.355 e. The molecule has 1 aromatic rings. The first-order chi connectivity index (χ1) is 8.57. The molecule has 0 radical (unpaired) electrons. The number of nitrogens with one attached hydrogen (secondary N) is 2. The number of amides is 1. The van der Waals surface area contributed by atoms with Gasteiger partial charge in [-0.1, -0.05) is 6.92 Å². The maximum absolute atomic E-state index is 11.9. The van der Waals surface area contributed by atoms with Crippen molar-refractivity contribution in [1.82, 2.24) is 10.6 Å². The normalized spacial score (nSPS) is 18.6. The standard InChI is InChI=1S/C13H19BrN2OS/c1-13(4-6-15-7-5-13)9-16-12(17)8-10-2-3-11(14)18-10/h2-3,15H,4-9H2,1H3,(H,16,17). The van der Waals surface area contributed by atoms with Crippen molar-refractivity contribution in [1.29, 1.82) is 0 Å². The summed E-state index contributed by atoms with van der Waals surface area (Å²) in [6.45, 7) is 5.17. The molecule has 1 fully saturated rings. The van der Waals surface area contributed by atoms with E-state index in [1.807, 2.05) is 12.1 Å². The van der Waals surface area contributed by atoms with Gasteiger partial charge in [0.05, 0.1) is 10.2 Å². The third-order valence-corrected chi connectivity index (χ3v) is 5.11. The van der Waals surface area contributed by atoms with Crippen LogP contribution in [0.5, 0.6) is 0 Å². The Hall–Kier alpha value is -0.390. The van der Waals surface area contributed by atoms with Crippen molar-refractivity contribution >= 4 is 33.2 Å². The number of piperidine rings is 1. The fourth-order valence-corrected chi connectivity index (χ4v) is 3.67. The maximum Gasteiger partial charge on any atom is 0.225 e. The Balaban J connectivity index is 1.77. The van der Waals surface area contributed by atoms with E-state index in [1.165, 1.54) is 0 Å². The van der Waals surface area contributed by atoms with E-state index >= 15 is 0 Å². The number of hydrogen-bond donors (Lipinski definition) is 2. The summed E-state index contributed by atoms with van der Waals surface area (Å²) >= 11 is 5.03. The fourth-order valence-electron chi connectivity index (χ4n) is 2.19. The van der Waals surface area contributed by atoms with Gasteiger partial charge in [0.25, 0.3) is 0 Å². The van der Waals surface area contributed by atoms with Crippen LogP contribution in [0.25, 0.3) is 0 Å². The van der Waals surface area contributed by atoms with Gasteiger partial charge in [0.15, 0.2) is 0 Å². The van der Waals surface area contributed by atoms with E-state index in [9.17, 15) is 4.79 Å². The van der Waals surface area contributed by atoms with Crippen LogP contribution in [0.3, 0.4) is 0 Å². The summed E-state index contributed by atoms with van der Waals surface area (Å²) in [6, 6.07) is 3.99. The Morgan fingerprint density at radius 1 is 1.50 bits per heavy atom. The van der Waals surface area contributed by atoms with Gasteiger partial charge in [-0.15, -0.1) is 11.3 Å². The largest absolute Gasteiger partial charge is 0.355 e. The summed E-state index contributed by atoms with van der Waals surface area (Å²) in [6.07, 6.45) is 2.76. The number of thiophene rings is 1. The lowest BCUT2D eigenvalue weighted by atomic mass is 9.81. The molecule has 1 saturated heterocycles. The fraction of sp³-hybridized carbons (Fsp3) is 0.615. The van der Waals surface area contributed by atoms with Crippen molar-refractivity contribution < 1.29 is 4.79 Å². The summed E-state index contributed by atoms with van der Waals surface area (Å²) < 4.78 is 1.08. The SMILES string of the molecule is CC1(CNC(=O)Cc2ccc(Br)s2)CCNCC1. The molecule has 18 heavy (non-hydrogen) atoms. The highest BCUT2D eigenvalue weighted by Crippen LogP contribution is 2.27. The lowest BCUT2D eigenvalue weighted by Crippen LogP contribution is -2.43. The monoisotopic (exact) mass is 330 g/mol. The summed E-state index contributed by atoms with van der Waals surface area (Å²) in [5.41, 5.74) is 0.261. The van der Waals surface area contributed by atoms with Gasteiger partial charge in [0.1, 0.15) is 0 Å². The highest BCUT2D eigenvalue weighted by Gasteiger charge is 2.26. The van der Waals surface area contributed by atoms with Crippen molar-refractivity contribution in [3.63, 3.8) is 0 Å². The first-order valence-corrected chi connectivity index (χ1v) is 7.90. The molecule has 0 aromatic carbocycles. The van der Waals surface area contributed by atoms with E-state index in [4.69, 9.17) is 0 Å². The molecular formula is C13H19BrN2OS. The van der Waals surface area contributed by atoms with Crippen LogP contribution in [0, 0.1) is 5.41 Å². The number of rotatable bonds is 4. The topological polar surface area (TPSA) is 41.1 Å². The maximum atomic E-state index is 11.9. The zero-order valence-electron chi connectivity index (χ0n) is 10.6. The second kappa shape index (κ2) is 6.17. The number of carbonyl (C=O) groups excluding carboxylic acids is 1. The number of halogens is 1. The molecule has 2 heterocycles. The molecule has 0 saturated carbocycles. The molecule has 0 aliphatic carbocycles. The van der Waals surface area contributed by atoms with Crippen molar-refractivity contribution in [2.45, 2.75) is 26.2 Å². The molecule has 5 heteroatoms. The average Bonchev–Trinajstić information content (AvgIpc) is 2.73. The molecule has 2 N–H and O–H groups in total. The van der Waals surface area contributed by atoms with E-state index in [-0.39, 0.29) is 11.3 Å². The zero-order chi connectivity index (χ0) is 13.0. The van der Waals surface area contributed by atoms with Gasteiger partial charge in [-0.2, -0.15) is 0 Å². The molecule has 1 amide bonds. The third kappa shape index (κ3) is 4.07. The summed E-state index contributed by atoms with van der Waals surface area (Å²) in [7, 11) is 0. The second-order valence-corrected chi connectivity index (χ2v) is 7.77. The first kappa shape index (κ1) is 14.0. The van der Waals surface area contributed by atoms with Gasteiger partial charge >= 0.3 is 0 Å². The highest BCUT2D eigenvalue weighted by atomic mass is 79.9. The van der Waals surface area contributed by atoms with E-state index in [1.54, 1.807) is 11.3 Å². The van der Waals surface area contributed by atoms with E-state index in [0.717, 1.165) is 41.1 Å². The van der Waals surface area contributed by atoms with Crippen molar-refractivity contribution in [3.05, 3.63) is 20.8 Å². The summed E-state index contributed by atoms with van der Waals surface area (Å²) in [4.78, 5) is 13.0. The Labute approximate surface area is 120 Å². The van der Waals surface area contributed by atoms with Crippen LogP contribution in [-0.4, -0.2) is 25.5 Å². The van der Waals surface area contributed by atoms with Crippen molar-refractivity contribution in [2.24, 2.45) is 5.41 Å². The van der Waals surface area contributed by atoms with E-state index in [2.05, 4.69) is 33.5 Å². The van der Waals surface area contributed by atoms with Crippen LogP contribution in [0.15, 0.2) is 15.9 Å². The van der Waals surface area contributed by atoms with Gasteiger partial charge < -0.3 is 10.6 Å². The third-order valence-electron chi connectivity index (χ3n) is 3.49. The van der Waals surface area contributed by atoms with Crippen LogP contribution < -0.4 is 10.6 Å². The quantitative estimate of drug-likeness (QED) is 0.890. The van der Waals surface area contributed by atoms with Gasteiger partial charge in [0.2, 0.25) is 5.91 Å². The second-order valence-electron chi connectivity index (χ2n) is 5.22. The average molecular weight is 331 g/mol. The molecule has 0 unspecified atom stereocenters. The van der Waals surface area contributed by atoms with Gasteiger partial charge in [-0.3, -0.25) is 4.79 Å². The molecule has 1 aliphatic heterocycles. The van der Waals surface area contributed by atoms with Crippen LogP contribution in [0.2, 0.25) is 0 Å². The molecule has 0 atom stereocenters. The minimum atomic E-state index is 0.129. The van der Waals surface area contributed by atoms with Crippen LogP contribution in [-0.2, 0) is 11.2 Å². The van der Waals surface area contributed by atoms with E-state index < -0.39 is 0 Å². The molecule has 3 nitrogen and oxygen atoms in total. The van der Waals surface area contributed by atoms with Crippen LogP contribution in [0.1, 0.15) is 24.6 Å². The lowest BCUT2D eigenvalue weighted by Gasteiger charge is -2.34. The molecular weight excluding hydrogens is 312 g/mol. The van der Waals surface area contributed by atoms with Gasteiger partial charge in [0, 0.05) is 11.4 Å². The molecule has 2 rings (SSSR count). The number of carbonyl (C=O) groups is 1. The van der Waals surface area contributed by atoms with Gasteiger partial charge in [-0.25, -0.2) is 0 Å². The summed E-state index contributed by atoms with van der Waals surface area (Å²) in [5, 5.41) is 6.43. The smallest absolute Gasteiger partial charge is 0.225 e. The molecule has 1 aliphatic rings. The van der Waals surface area contributed by atoms with Crippen molar-refractivity contribution in [2.75, 3.05) is 19.6 Å². The predicted octanol–water partition coefficient (Wildman–Crippen LogP) is 2.56. The van der Waals surface area contributed by atoms with Crippen LogP contribution in [0.4, 0.5) is 0 Å². The predicted molar refractivity (Wildman–Crippen MR) is 78.9 cm³/mol. The molecule has 0 spiro atoms. The number of hydrogen-bond acceptors (Lipinski definition) is 3. The Morgan fingerprint density at radius 3 is 2.83 bits per heavy atom. The Morgan fingerprint density at radius 2 is 2.22 bits per heavy atom. The Kier molecular flexibility index (Phi) is 4.81. The molecule has 0 bridgehead atoms.